The fourth-order valence-electron chi connectivity index (χ4n) is 3.53. The highest BCUT2D eigenvalue weighted by Gasteiger charge is 2.27. The number of ether oxygens (including phenoxy) is 2. The molecule has 0 N–H and O–H groups in total. The topological polar surface area (TPSA) is 76.2 Å². The summed E-state index contributed by atoms with van der Waals surface area (Å²) in [5.41, 5.74) is 2.50. The van der Waals surface area contributed by atoms with Gasteiger partial charge in [-0.1, -0.05) is 12.1 Å². The molecule has 7 nitrogen and oxygen atoms in total. The molecule has 0 atom stereocenters. The van der Waals surface area contributed by atoms with Gasteiger partial charge in [-0.25, -0.2) is 0 Å². The molecule has 0 aromatic heterocycles. The maximum atomic E-state index is 12.8. The smallest absolute Gasteiger partial charge is 0.265 e. The van der Waals surface area contributed by atoms with Crippen molar-refractivity contribution in [1.29, 1.82) is 0 Å². The van der Waals surface area contributed by atoms with E-state index in [0.29, 0.717) is 55.4 Å². The highest BCUT2D eigenvalue weighted by Crippen LogP contribution is 2.34. The number of anilines is 1. The first-order valence-corrected chi connectivity index (χ1v) is 9.57. The minimum absolute atomic E-state index is 0.0391. The summed E-state index contributed by atoms with van der Waals surface area (Å²) < 4.78 is 10.8. The Morgan fingerprint density at radius 1 is 1.03 bits per heavy atom. The average Bonchev–Trinajstić information content (AvgIpc) is 2.75. The lowest BCUT2D eigenvalue weighted by molar-refractivity contribution is -0.121. The van der Waals surface area contributed by atoms with E-state index < -0.39 is 0 Å². The van der Waals surface area contributed by atoms with E-state index in [1.807, 2.05) is 18.2 Å². The Morgan fingerprint density at radius 3 is 2.59 bits per heavy atom. The number of hydrogen-bond acceptors (Lipinski definition) is 5. The summed E-state index contributed by atoms with van der Waals surface area (Å²) in [6.45, 7) is 3.96. The zero-order valence-corrected chi connectivity index (χ0v) is 16.2. The van der Waals surface area contributed by atoms with Crippen LogP contribution in [-0.2, 0) is 16.1 Å². The predicted molar refractivity (Wildman–Crippen MR) is 106 cm³/mol. The Kier molecular flexibility index (Phi) is 5.31. The zero-order chi connectivity index (χ0) is 20.4. The highest BCUT2D eigenvalue weighted by atomic mass is 16.5. The third-order valence-electron chi connectivity index (χ3n) is 5.12. The van der Waals surface area contributed by atoms with Gasteiger partial charge in [-0.15, -0.1) is 0 Å². The Labute approximate surface area is 168 Å². The largest absolute Gasteiger partial charge is 0.482 e. The fourth-order valence-corrected chi connectivity index (χ4v) is 3.53. The van der Waals surface area contributed by atoms with E-state index in [2.05, 4.69) is 0 Å². The molecule has 0 bridgehead atoms. The summed E-state index contributed by atoms with van der Waals surface area (Å²) in [7, 11) is 0. The van der Waals surface area contributed by atoms with Crippen LogP contribution in [0.25, 0.3) is 0 Å². The third kappa shape index (κ3) is 4.00. The van der Waals surface area contributed by atoms with Crippen LogP contribution in [0.2, 0.25) is 0 Å². The van der Waals surface area contributed by atoms with Crippen molar-refractivity contribution in [3.05, 3.63) is 59.2 Å². The predicted octanol–water partition coefficient (Wildman–Crippen LogP) is 2.29. The summed E-state index contributed by atoms with van der Waals surface area (Å²) in [6, 6.07) is 12.4. The van der Waals surface area contributed by atoms with Crippen LogP contribution in [0.1, 0.15) is 33.2 Å². The number of fused-ring (bicyclic) bond motifs is 1. The number of hydrogen-bond donors (Lipinski definition) is 0. The first-order chi connectivity index (χ1) is 14.0. The van der Waals surface area contributed by atoms with Crippen LogP contribution in [0.15, 0.2) is 42.5 Å². The van der Waals surface area contributed by atoms with Crippen molar-refractivity contribution >= 4 is 23.3 Å². The van der Waals surface area contributed by atoms with E-state index >= 15 is 0 Å². The SMILES string of the molecule is CC(=O)c1ccc2c(c1)N(Cc1cccc(C(=O)N3CCOCC3)c1)C(=O)CO2. The molecule has 29 heavy (non-hydrogen) atoms. The summed E-state index contributed by atoms with van der Waals surface area (Å²) in [4.78, 5) is 40.4. The normalized spacial score (nSPS) is 16.2. The molecular formula is C22H22N2O5. The van der Waals surface area contributed by atoms with Gasteiger partial charge in [0.1, 0.15) is 5.75 Å². The standard InChI is InChI=1S/C22H22N2O5/c1-15(25)17-5-6-20-19(12-17)24(21(26)14-29-20)13-16-3-2-4-18(11-16)22(27)23-7-9-28-10-8-23/h2-6,11-12H,7-10,13-14H2,1H3. The molecular weight excluding hydrogens is 372 g/mol. The molecule has 2 heterocycles. The van der Waals surface area contributed by atoms with E-state index in [0.717, 1.165) is 5.56 Å². The highest BCUT2D eigenvalue weighted by molar-refractivity contribution is 6.01. The van der Waals surface area contributed by atoms with Crippen LogP contribution in [-0.4, -0.2) is 55.4 Å². The number of benzene rings is 2. The molecule has 0 radical (unpaired) electrons. The summed E-state index contributed by atoms with van der Waals surface area (Å²) in [5.74, 6) is 0.254. The lowest BCUT2D eigenvalue weighted by atomic mass is 10.1. The molecule has 0 aliphatic carbocycles. The van der Waals surface area contributed by atoms with Gasteiger partial charge in [-0.3, -0.25) is 14.4 Å². The number of nitrogens with zero attached hydrogens (tertiary/aromatic N) is 2. The molecule has 0 spiro atoms. The zero-order valence-electron chi connectivity index (χ0n) is 16.2. The molecule has 4 rings (SSSR count). The molecule has 1 fully saturated rings. The van der Waals surface area contributed by atoms with E-state index in [1.165, 1.54) is 6.92 Å². The van der Waals surface area contributed by atoms with Gasteiger partial charge in [-0.05, 0) is 42.8 Å². The van der Waals surface area contributed by atoms with Crippen molar-refractivity contribution in [2.24, 2.45) is 0 Å². The van der Waals surface area contributed by atoms with E-state index in [1.54, 1.807) is 34.1 Å². The van der Waals surface area contributed by atoms with Crippen molar-refractivity contribution in [3.63, 3.8) is 0 Å². The number of Topliss-reactive ketones (excluding diaryl/α,β-unsaturated/α-hetero) is 1. The molecule has 0 saturated carbocycles. The van der Waals surface area contributed by atoms with Gasteiger partial charge in [0, 0.05) is 24.2 Å². The minimum atomic E-state index is -0.192. The van der Waals surface area contributed by atoms with Gasteiger partial charge >= 0.3 is 0 Å². The second-order valence-electron chi connectivity index (χ2n) is 7.11. The number of carbonyl (C=O) groups excluding carboxylic acids is 3. The van der Waals surface area contributed by atoms with Crippen LogP contribution in [0, 0.1) is 0 Å². The van der Waals surface area contributed by atoms with Gasteiger partial charge in [0.15, 0.2) is 12.4 Å². The van der Waals surface area contributed by atoms with Crippen LogP contribution < -0.4 is 9.64 Å². The number of amides is 2. The quantitative estimate of drug-likeness (QED) is 0.744. The molecule has 0 unspecified atom stereocenters. The number of morpholine rings is 1. The van der Waals surface area contributed by atoms with Crippen LogP contribution in [0.4, 0.5) is 5.69 Å². The lowest BCUT2D eigenvalue weighted by Gasteiger charge is -2.30. The number of rotatable bonds is 4. The van der Waals surface area contributed by atoms with Crippen molar-refractivity contribution in [2.75, 3.05) is 37.8 Å². The monoisotopic (exact) mass is 394 g/mol. The van der Waals surface area contributed by atoms with Crippen molar-refractivity contribution < 1.29 is 23.9 Å². The Balaban J connectivity index is 1.59. The second-order valence-corrected chi connectivity index (χ2v) is 7.11. The molecule has 150 valence electrons. The van der Waals surface area contributed by atoms with Crippen LogP contribution in [0.3, 0.4) is 0 Å². The van der Waals surface area contributed by atoms with Crippen molar-refractivity contribution in [1.82, 2.24) is 4.90 Å². The first-order valence-electron chi connectivity index (χ1n) is 9.57. The number of carbonyl (C=O) groups is 3. The molecule has 2 amide bonds. The van der Waals surface area contributed by atoms with Crippen LogP contribution >= 0.6 is 0 Å². The molecule has 1 saturated heterocycles. The van der Waals surface area contributed by atoms with Gasteiger partial charge < -0.3 is 19.3 Å². The second kappa shape index (κ2) is 8.05. The first kappa shape index (κ1) is 19.1. The summed E-state index contributed by atoms with van der Waals surface area (Å²) in [5, 5.41) is 0. The molecule has 2 aliphatic rings. The minimum Gasteiger partial charge on any atom is -0.482 e. The van der Waals surface area contributed by atoms with E-state index in [4.69, 9.17) is 9.47 Å². The van der Waals surface area contributed by atoms with Gasteiger partial charge in [-0.2, -0.15) is 0 Å². The van der Waals surface area contributed by atoms with E-state index in [9.17, 15) is 14.4 Å². The average molecular weight is 394 g/mol. The molecule has 2 aromatic carbocycles. The van der Waals surface area contributed by atoms with Crippen LogP contribution in [0.5, 0.6) is 5.75 Å². The summed E-state index contributed by atoms with van der Waals surface area (Å²) >= 11 is 0. The third-order valence-corrected chi connectivity index (χ3v) is 5.12. The van der Waals surface area contributed by atoms with Gasteiger partial charge in [0.25, 0.3) is 11.8 Å². The van der Waals surface area contributed by atoms with Gasteiger partial charge in [0.05, 0.1) is 25.4 Å². The Hall–Kier alpha value is -3.19. The maximum Gasteiger partial charge on any atom is 0.265 e. The molecule has 2 aliphatic heterocycles. The van der Waals surface area contributed by atoms with Gasteiger partial charge in [0.2, 0.25) is 0 Å². The van der Waals surface area contributed by atoms with Crippen molar-refractivity contribution in [2.45, 2.75) is 13.5 Å². The number of ketones is 1. The maximum absolute atomic E-state index is 12.8. The Morgan fingerprint density at radius 2 is 1.83 bits per heavy atom. The lowest BCUT2D eigenvalue weighted by Crippen LogP contribution is -2.40. The van der Waals surface area contributed by atoms with Crippen molar-refractivity contribution in [3.8, 4) is 5.75 Å². The summed E-state index contributed by atoms with van der Waals surface area (Å²) in [6.07, 6.45) is 0. The van der Waals surface area contributed by atoms with E-state index in [-0.39, 0.29) is 24.2 Å². The Bertz CT molecular complexity index is 965. The molecule has 2 aromatic rings. The molecule has 7 heteroatoms. The fraction of sp³-hybridized carbons (Fsp3) is 0.318.